The van der Waals surface area contributed by atoms with Gasteiger partial charge in [-0.2, -0.15) is 5.26 Å². The number of benzene rings is 2. The highest BCUT2D eigenvalue weighted by Crippen LogP contribution is 2.43. The van der Waals surface area contributed by atoms with Crippen LogP contribution in [0.1, 0.15) is 23.5 Å². The van der Waals surface area contributed by atoms with Gasteiger partial charge in [0, 0.05) is 30.2 Å². The van der Waals surface area contributed by atoms with Crippen LogP contribution in [0.25, 0.3) is 0 Å². The number of carbonyl (C=O) groups is 1. The number of hydrogen-bond acceptors (Lipinski definition) is 6. The van der Waals surface area contributed by atoms with E-state index in [4.69, 9.17) is 0 Å². The van der Waals surface area contributed by atoms with Gasteiger partial charge in [0.2, 0.25) is 5.91 Å². The van der Waals surface area contributed by atoms with E-state index >= 15 is 0 Å². The highest BCUT2D eigenvalue weighted by atomic mass is 32.2. The Morgan fingerprint density at radius 3 is 2.69 bits per heavy atom. The molecule has 0 saturated carbocycles. The quantitative estimate of drug-likeness (QED) is 0.562. The number of thioether (sulfide) groups is 1. The van der Waals surface area contributed by atoms with E-state index in [1.165, 1.54) is 29.5 Å². The number of aryl methyl sites for hydroxylation is 1. The monoisotopic (exact) mass is 406 g/mol. The lowest BCUT2D eigenvalue weighted by Gasteiger charge is -2.42. The van der Waals surface area contributed by atoms with Crippen LogP contribution in [0.3, 0.4) is 0 Å². The van der Waals surface area contributed by atoms with E-state index in [1.807, 2.05) is 31.2 Å². The normalized spacial score (nSPS) is 19.0. The van der Waals surface area contributed by atoms with Gasteiger partial charge in [0.1, 0.15) is 0 Å². The maximum absolute atomic E-state index is 12.9. The van der Waals surface area contributed by atoms with E-state index in [0.29, 0.717) is 28.7 Å². The number of non-ortho nitro benzene ring substituents is 1. The highest BCUT2D eigenvalue weighted by molar-refractivity contribution is 8.03. The molecule has 0 radical (unpaired) electrons. The van der Waals surface area contributed by atoms with E-state index in [0.717, 1.165) is 5.69 Å². The first kappa shape index (κ1) is 19.0. The summed E-state index contributed by atoms with van der Waals surface area (Å²) in [6.45, 7) is 2.41. The third kappa shape index (κ3) is 3.57. The van der Waals surface area contributed by atoms with Gasteiger partial charge >= 0.3 is 0 Å². The number of amides is 1. The lowest BCUT2D eigenvalue weighted by Crippen LogP contribution is -2.47. The van der Waals surface area contributed by atoms with E-state index in [9.17, 15) is 20.2 Å². The number of rotatable bonds is 3. The van der Waals surface area contributed by atoms with Crippen LogP contribution in [0.15, 0.2) is 59.1 Å². The molecule has 0 aromatic heterocycles. The second kappa shape index (κ2) is 7.60. The van der Waals surface area contributed by atoms with Gasteiger partial charge < -0.3 is 4.90 Å². The molecule has 0 N–H and O–H groups in total. The van der Waals surface area contributed by atoms with Crippen molar-refractivity contribution in [2.75, 3.05) is 17.4 Å². The molecule has 0 spiro atoms. The zero-order valence-electron chi connectivity index (χ0n) is 15.7. The summed E-state index contributed by atoms with van der Waals surface area (Å²) in [5.74, 6) is 0.0755. The predicted molar refractivity (Wildman–Crippen MR) is 111 cm³/mol. The topological polar surface area (TPSA) is 90.5 Å². The van der Waals surface area contributed by atoms with Crippen LogP contribution in [0.4, 0.5) is 11.4 Å². The number of fused-ring (bicyclic) bond motifs is 1. The van der Waals surface area contributed by atoms with E-state index in [1.54, 1.807) is 17.0 Å². The number of nitro groups is 1. The SMILES string of the molecule is Cc1ccc(N2CSC3=C(C#N)[C@H](c4cccc([N+](=O)[O-])c4)CC(=O)N3C2)cc1. The van der Waals surface area contributed by atoms with Crippen molar-refractivity contribution in [1.29, 1.82) is 5.26 Å². The van der Waals surface area contributed by atoms with Crippen LogP contribution in [0.5, 0.6) is 0 Å². The lowest BCUT2D eigenvalue weighted by atomic mass is 9.86. The van der Waals surface area contributed by atoms with Crippen molar-refractivity contribution in [2.24, 2.45) is 0 Å². The molecule has 0 unspecified atom stereocenters. The molecular formula is C21H18N4O3S. The van der Waals surface area contributed by atoms with Crippen molar-refractivity contribution in [3.8, 4) is 6.07 Å². The molecule has 0 aliphatic carbocycles. The third-order valence-electron chi connectivity index (χ3n) is 5.18. The Kier molecular flexibility index (Phi) is 4.99. The molecule has 2 aliphatic heterocycles. The molecule has 2 aliphatic rings. The molecule has 1 amide bonds. The first-order chi connectivity index (χ1) is 14.0. The van der Waals surface area contributed by atoms with E-state index < -0.39 is 10.8 Å². The molecule has 7 nitrogen and oxygen atoms in total. The van der Waals surface area contributed by atoms with Crippen LogP contribution in [-0.2, 0) is 4.79 Å². The average Bonchev–Trinajstić information content (AvgIpc) is 2.74. The molecule has 29 heavy (non-hydrogen) atoms. The van der Waals surface area contributed by atoms with Crippen molar-refractivity contribution < 1.29 is 9.72 Å². The molecule has 146 valence electrons. The second-order valence-corrected chi connectivity index (χ2v) is 7.99. The molecular weight excluding hydrogens is 388 g/mol. The van der Waals surface area contributed by atoms with Crippen LogP contribution in [-0.4, -0.2) is 28.3 Å². The van der Waals surface area contributed by atoms with Crippen LogP contribution in [0, 0.1) is 28.4 Å². The number of nitrogens with zero attached hydrogens (tertiary/aromatic N) is 4. The van der Waals surface area contributed by atoms with Crippen LogP contribution >= 0.6 is 11.8 Å². The molecule has 2 heterocycles. The summed E-state index contributed by atoms with van der Waals surface area (Å²) in [4.78, 5) is 27.3. The first-order valence-corrected chi connectivity index (χ1v) is 10.1. The number of nitriles is 1. The predicted octanol–water partition coefficient (Wildman–Crippen LogP) is 4.12. The molecule has 1 fully saturated rings. The van der Waals surface area contributed by atoms with Gasteiger partial charge in [-0.3, -0.25) is 19.8 Å². The molecule has 8 heteroatoms. The Hall–Kier alpha value is -3.31. The second-order valence-electron chi connectivity index (χ2n) is 7.05. The molecule has 2 aromatic rings. The Bertz CT molecular complexity index is 1060. The zero-order chi connectivity index (χ0) is 20.5. The summed E-state index contributed by atoms with van der Waals surface area (Å²) in [5.41, 5.74) is 3.27. The highest BCUT2D eigenvalue weighted by Gasteiger charge is 2.38. The van der Waals surface area contributed by atoms with Crippen molar-refractivity contribution in [3.05, 3.63) is 80.4 Å². The van der Waals surface area contributed by atoms with Gasteiger partial charge in [-0.1, -0.05) is 41.6 Å². The Balaban J connectivity index is 1.67. The standard InChI is InChI=1S/C21H18N4O3S/c1-14-5-7-16(8-6-14)23-12-24-20(26)10-18(19(11-22)21(24)29-13-23)15-3-2-4-17(9-15)25(27)28/h2-9,18H,10,12-13H2,1H3/t18-/m0/s1. The fraction of sp³-hybridized carbons (Fsp3) is 0.238. The maximum atomic E-state index is 12.9. The van der Waals surface area contributed by atoms with Gasteiger partial charge in [-0.25, -0.2) is 0 Å². The Morgan fingerprint density at radius 1 is 1.24 bits per heavy atom. The summed E-state index contributed by atoms with van der Waals surface area (Å²) in [7, 11) is 0. The van der Waals surface area contributed by atoms with Gasteiger partial charge in [0.05, 0.1) is 34.1 Å². The summed E-state index contributed by atoms with van der Waals surface area (Å²) in [6, 6.07) is 16.6. The number of hydrogen-bond donors (Lipinski definition) is 0. The van der Waals surface area contributed by atoms with E-state index in [-0.39, 0.29) is 18.0 Å². The smallest absolute Gasteiger partial charge is 0.269 e. The summed E-state index contributed by atoms with van der Waals surface area (Å²) >= 11 is 1.45. The maximum Gasteiger partial charge on any atom is 0.269 e. The van der Waals surface area contributed by atoms with E-state index in [2.05, 4.69) is 11.0 Å². The van der Waals surface area contributed by atoms with Gasteiger partial charge in [-0.15, -0.1) is 0 Å². The Labute approximate surface area is 172 Å². The van der Waals surface area contributed by atoms with Crippen LogP contribution in [0.2, 0.25) is 0 Å². The molecule has 4 rings (SSSR count). The summed E-state index contributed by atoms with van der Waals surface area (Å²) < 4.78 is 0. The largest absolute Gasteiger partial charge is 0.344 e. The molecule has 2 aromatic carbocycles. The van der Waals surface area contributed by atoms with Gasteiger partial charge in [0.15, 0.2) is 0 Å². The summed E-state index contributed by atoms with van der Waals surface area (Å²) in [6.07, 6.45) is 0.121. The molecule has 1 atom stereocenters. The number of anilines is 1. The van der Waals surface area contributed by atoms with Crippen molar-refractivity contribution in [1.82, 2.24) is 4.90 Å². The minimum atomic E-state index is -0.464. The third-order valence-corrected chi connectivity index (χ3v) is 6.33. The van der Waals surface area contributed by atoms with Crippen molar-refractivity contribution in [3.63, 3.8) is 0 Å². The van der Waals surface area contributed by atoms with Gasteiger partial charge in [-0.05, 0) is 24.6 Å². The van der Waals surface area contributed by atoms with Crippen molar-refractivity contribution in [2.45, 2.75) is 19.3 Å². The molecule has 0 bridgehead atoms. The zero-order valence-corrected chi connectivity index (χ0v) is 16.6. The fourth-order valence-corrected chi connectivity index (χ4v) is 4.79. The van der Waals surface area contributed by atoms with Gasteiger partial charge in [0.25, 0.3) is 5.69 Å². The minimum absolute atomic E-state index is 0.0403. The Morgan fingerprint density at radius 2 is 2.00 bits per heavy atom. The fourth-order valence-electron chi connectivity index (χ4n) is 3.62. The molecule has 1 saturated heterocycles. The number of allylic oxidation sites excluding steroid dienone is 1. The first-order valence-electron chi connectivity index (χ1n) is 9.11. The van der Waals surface area contributed by atoms with Crippen molar-refractivity contribution >= 4 is 29.0 Å². The lowest BCUT2D eigenvalue weighted by molar-refractivity contribution is -0.384. The number of nitro benzene ring substituents is 1. The van der Waals surface area contributed by atoms with Crippen LogP contribution < -0.4 is 4.90 Å². The average molecular weight is 406 g/mol. The number of carbonyl (C=O) groups excluding carboxylic acids is 1. The minimum Gasteiger partial charge on any atom is -0.344 e. The summed E-state index contributed by atoms with van der Waals surface area (Å²) in [5, 5.41) is 21.6.